The average molecular weight is 258 g/mol. The van der Waals surface area contributed by atoms with Crippen LogP contribution in [0, 0.1) is 13.8 Å². The highest BCUT2D eigenvalue weighted by molar-refractivity contribution is 7.15. The predicted molar refractivity (Wildman–Crippen MR) is 67.0 cm³/mol. The van der Waals surface area contributed by atoms with E-state index in [1.165, 1.54) is 4.88 Å². The van der Waals surface area contributed by atoms with Crippen LogP contribution in [0.4, 0.5) is 0 Å². The minimum absolute atomic E-state index is 0.569. The van der Waals surface area contributed by atoms with E-state index in [4.69, 9.17) is 23.2 Å². The Bertz CT molecular complexity index is 486. The lowest BCUT2D eigenvalue weighted by Crippen LogP contribution is -1.78. The highest BCUT2D eigenvalue weighted by Gasteiger charge is 2.07. The van der Waals surface area contributed by atoms with Gasteiger partial charge in [-0.25, -0.2) is 4.98 Å². The second-order valence-electron chi connectivity index (χ2n) is 3.29. The van der Waals surface area contributed by atoms with Crippen LogP contribution in [0.2, 0.25) is 10.0 Å². The summed E-state index contributed by atoms with van der Waals surface area (Å²) in [4.78, 5) is 5.70. The van der Waals surface area contributed by atoms with Gasteiger partial charge in [-0.15, -0.1) is 11.3 Å². The molecule has 0 unspecified atom stereocenters. The van der Waals surface area contributed by atoms with Gasteiger partial charge in [0.05, 0.1) is 15.7 Å². The molecule has 0 atom stereocenters. The fraction of sp³-hybridized carbons (Fsp3) is 0.182. The van der Waals surface area contributed by atoms with E-state index in [-0.39, 0.29) is 0 Å². The molecule has 0 spiro atoms. The summed E-state index contributed by atoms with van der Waals surface area (Å²) in [7, 11) is 0. The summed E-state index contributed by atoms with van der Waals surface area (Å²) in [5.74, 6) is 0. The SMILES string of the molecule is Cc1nc(-c2ccc(Cl)c(Cl)c2)sc1C. The van der Waals surface area contributed by atoms with Crippen molar-refractivity contribution in [2.75, 3.05) is 0 Å². The summed E-state index contributed by atoms with van der Waals surface area (Å²) < 4.78 is 0. The number of aryl methyl sites for hydroxylation is 2. The van der Waals surface area contributed by atoms with E-state index >= 15 is 0 Å². The minimum Gasteiger partial charge on any atom is -0.241 e. The zero-order chi connectivity index (χ0) is 11.0. The lowest BCUT2D eigenvalue weighted by molar-refractivity contribution is 1.23. The molecule has 0 saturated heterocycles. The Balaban J connectivity index is 2.49. The van der Waals surface area contributed by atoms with Crippen molar-refractivity contribution in [3.05, 3.63) is 38.8 Å². The van der Waals surface area contributed by atoms with Crippen LogP contribution in [0.5, 0.6) is 0 Å². The van der Waals surface area contributed by atoms with Crippen LogP contribution in [0.1, 0.15) is 10.6 Å². The van der Waals surface area contributed by atoms with Crippen molar-refractivity contribution in [3.8, 4) is 10.6 Å². The first kappa shape index (κ1) is 10.9. The maximum absolute atomic E-state index is 5.96. The Kier molecular flexibility index (Phi) is 3.01. The third-order valence-electron chi connectivity index (χ3n) is 2.20. The smallest absolute Gasteiger partial charge is 0.123 e. The molecule has 0 aliphatic carbocycles. The molecule has 15 heavy (non-hydrogen) atoms. The quantitative estimate of drug-likeness (QED) is 0.720. The summed E-state index contributed by atoms with van der Waals surface area (Å²) in [5.41, 5.74) is 2.09. The monoisotopic (exact) mass is 257 g/mol. The number of aromatic nitrogens is 1. The first-order valence-corrected chi connectivity index (χ1v) is 6.04. The second-order valence-corrected chi connectivity index (χ2v) is 5.31. The van der Waals surface area contributed by atoms with Crippen molar-refractivity contribution >= 4 is 34.5 Å². The Morgan fingerprint density at radius 1 is 1.13 bits per heavy atom. The molecule has 2 rings (SSSR count). The zero-order valence-electron chi connectivity index (χ0n) is 8.34. The van der Waals surface area contributed by atoms with Crippen LogP contribution in [-0.2, 0) is 0 Å². The largest absolute Gasteiger partial charge is 0.241 e. The molecule has 0 N–H and O–H groups in total. The molecule has 78 valence electrons. The normalized spacial score (nSPS) is 10.7. The fourth-order valence-electron chi connectivity index (χ4n) is 1.23. The van der Waals surface area contributed by atoms with Crippen molar-refractivity contribution in [3.63, 3.8) is 0 Å². The van der Waals surface area contributed by atoms with Gasteiger partial charge in [0.25, 0.3) is 0 Å². The standard InChI is InChI=1S/C11H9Cl2NS/c1-6-7(2)15-11(14-6)8-3-4-9(12)10(13)5-8/h3-5H,1-2H3. The number of hydrogen-bond donors (Lipinski definition) is 0. The number of nitrogens with zero attached hydrogens (tertiary/aromatic N) is 1. The Labute approximate surface area is 103 Å². The van der Waals surface area contributed by atoms with E-state index in [9.17, 15) is 0 Å². The van der Waals surface area contributed by atoms with Crippen molar-refractivity contribution in [1.82, 2.24) is 4.98 Å². The minimum atomic E-state index is 0.569. The molecule has 0 aliphatic rings. The molecule has 2 aromatic rings. The third kappa shape index (κ3) is 2.17. The molecular formula is C11H9Cl2NS. The molecule has 0 amide bonds. The third-order valence-corrected chi connectivity index (χ3v) is 4.06. The van der Waals surface area contributed by atoms with Gasteiger partial charge in [-0.1, -0.05) is 29.3 Å². The summed E-state index contributed by atoms with van der Waals surface area (Å²) in [6, 6.07) is 5.58. The van der Waals surface area contributed by atoms with Crippen LogP contribution in [0.15, 0.2) is 18.2 Å². The molecule has 4 heteroatoms. The zero-order valence-corrected chi connectivity index (χ0v) is 10.7. The number of halogens is 2. The molecule has 0 bridgehead atoms. The Morgan fingerprint density at radius 3 is 2.40 bits per heavy atom. The predicted octanol–water partition coefficient (Wildman–Crippen LogP) is 4.73. The van der Waals surface area contributed by atoms with E-state index in [1.54, 1.807) is 17.4 Å². The van der Waals surface area contributed by atoms with E-state index in [0.29, 0.717) is 10.0 Å². The number of benzene rings is 1. The molecule has 0 radical (unpaired) electrons. The fourth-order valence-corrected chi connectivity index (χ4v) is 2.43. The van der Waals surface area contributed by atoms with Gasteiger partial charge in [-0.2, -0.15) is 0 Å². The molecular weight excluding hydrogens is 249 g/mol. The van der Waals surface area contributed by atoms with Crippen LogP contribution in [0.25, 0.3) is 10.6 Å². The summed E-state index contributed by atoms with van der Waals surface area (Å²) in [6.45, 7) is 4.07. The lowest BCUT2D eigenvalue weighted by Gasteiger charge is -1.98. The maximum Gasteiger partial charge on any atom is 0.123 e. The number of hydrogen-bond acceptors (Lipinski definition) is 2. The Hall–Kier alpha value is -0.570. The van der Waals surface area contributed by atoms with Crippen molar-refractivity contribution in [1.29, 1.82) is 0 Å². The van der Waals surface area contributed by atoms with Gasteiger partial charge in [-0.05, 0) is 26.0 Å². The van der Waals surface area contributed by atoms with Gasteiger partial charge in [0.1, 0.15) is 5.01 Å². The highest BCUT2D eigenvalue weighted by atomic mass is 35.5. The molecule has 0 fully saturated rings. The first-order valence-electron chi connectivity index (χ1n) is 4.47. The van der Waals surface area contributed by atoms with Gasteiger partial charge in [-0.3, -0.25) is 0 Å². The van der Waals surface area contributed by atoms with Gasteiger partial charge in [0.15, 0.2) is 0 Å². The summed E-state index contributed by atoms with van der Waals surface area (Å²) in [6.07, 6.45) is 0. The molecule has 0 aliphatic heterocycles. The summed E-state index contributed by atoms with van der Waals surface area (Å²) in [5, 5.41) is 2.13. The number of rotatable bonds is 1. The lowest BCUT2D eigenvalue weighted by atomic mass is 10.2. The van der Waals surface area contributed by atoms with Gasteiger partial charge in [0.2, 0.25) is 0 Å². The number of thiazole rings is 1. The average Bonchev–Trinajstić information content (AvgIpc) is 2.52. The van der Waals surface area contributed by atoms with Crippen molar-refractivity contribution < 1.29 is 0 Å². The van der Waals surface area contributed by atoms with E-state index in [1.807, 2.05) is 19.1 Å². The van der Waals surface area contributed by atoms with Crippen LogP contribution in [0.3, 0.4) is 0 Å². The van der Waals surface area contributed by atoms with Gasteiger partial charge >= 0.3 is 0 Å². The van der Waals surface area contributed by atoms with E-state index in [2.05, 4.69) is 11.9 Å². The maximum atomic E-state index is 5.96. The van der Waals surface area contributed by atoms with Crippen LogP contribution < -0.4 is 0 Å². The van der Waals surface area contributed by atoms with Crippen LogP contribution >= 0.6 is 34.5 Å². The van der Waals surface area contributed by atoms with E-state index < -0.39 is 0 Å². The highest BCUT2D eigenvalue weighted by Crippen LogP contribution is 2.31. The molecule has 1 aromatic carbocycles. The van der Waals surface area contributed by atoms with Crippen LogP contribution in [-0.4, -0.2) is 4.98 Å². The van der Waals surface area contributed by atoms with Crippen molar-refractivity contribution in [2.45, 2.75) is 13.8 Å². The molecule has 1 nitrogen and oxygen atoms in total. The molecule has 0 saturated carbocycles. The molecule has 1 heterocycles. The summed E-state index contributed by atoms with van der Waals surface area (Å²) >= 11 is 13.5. The van der Waals surface area contributed by atoms with Crippen molar-refractivity contribution in [2.24, 2.45) is 0 Å². The molecule has 1 aromatic heterocycles. The van der Waals surface area contributed by atoms with Gasteiger partial charge in [0, 0.05) is 10.4 Å². The Morgan fingerprint density at radius 2 is 1.87 bits per heavy atom. The van der Waals surface area contributed by atoms with Gasteiger partial charge < -0.3 is 0 Å². The first-order chi connectivity index (χ1) is 7.08. The van der Waals surface area contributed by atoms with E-state index in [0.717, 1.165) is 16.3 Å². The topological polar surface area (TPSA) is 12.9 Å². The second kappa shape index (κ2) is 4.12.